The van der Waals surface area contributed by atoms with E-state index in [-0.39, 0.29) is 11.9 Å². The zero-order chi connectivity index (χ0) is 33.3. The molecule has 0 saturated carbocycles. The minimum Gasteiger partial charge on any atom is -0.480 e. The van der Waals surface area contributed by atoms with Crippen LogP contribution < -0.4 is 20.1 Å². The average Bonchev–Trinajstić information content (AvgIpc) is 3.75. The molecule has 3 saturated heterocycles. The Labute approximate surface area is 289 Å². The molecule has 0 unspecified atom stereocenters. The highest BCUT2D eigenvalue weighted by Crippen LogP contribution is 2.43. The van der Waals surface area contributed by atoms with Crippen molar-refractivity contribution >= 4 is 29.1 Å². The first kappa shape index (κ1) is 32.7. The van der Waals surface area contributed by atoms with Gasteiger partial charge in [-0.15, -0.1) is 0 Å². The van der Waals surface area contributed by atoms with Gasteiger partial charge >= 0.3 is 0 Å². The second-order valence-corrected chi connectivity index (χ2v) is 13.4. The minimum atomic E-state index is 0.0876. The van der Waals surface area contributed by atoms with Gasteiger partial charge in [-0.05, 0) is 12.8 Å². The van der Waals surface area contributed by atoms with E-state index in [1.54, 1.807) is 26.6 Å². The number of aromatic nitrogens is 4. The van der Waals surface area contributed by atoms with Crippen LogP contribution in [-0.2, 0) is 22.6 Å². The van der Waals surface area contributed by atoms with Gasteiger partial charge in [-0.3, -0.25) is 19.7 Å². The van der Waals surface area contributed by atoms with E-state index in [4.69, 9.17) is 52.4 Å². The Hall–Kier alpha value is -3.87. The molecule has 1 spiro atoms. The van der Waals surface area contributed by atoms with Crippen LogP contribution in [0.4, 0.5) is 0 Å². The van der Waals surface area contributed by atoms with Crippen LogP contribution in [0.25, 0.3) is 33.6 Å². The fourth-order valence-corrected chi connectivity index (χ4v) is 7.46. The van der Waals surface area contributed by atoms with Crippen LogP contribution in [0, 0.1) is 5.41 Å². The Morgan fingerprint density at radius 1 is 0.938 bits per heavy atom. The lowest BCUT2D eigenvalue weighted by molar-refractivity contribution is -0.119. The van der Waals surface area contributed by atoms with E-state index in [9.17, 15) is 4.79 Å². The Bertz CT molecular complexity index is 1830. The van der Waals surface area contributed by atoms with Gasteiger partial charge in [-0.25, -0.2) is 9.97 Å². The molecule has 3 fully saturated rings. The Morgan fingerprint density at radius 2 is 1.54 bits per heavy atom. The van der Waals surface area contributed by atoms with Crippen molar-refractivity contribution in [3.05, 3.63) is 70.2 Å². The summed E-state index contributed by atoms with van der Waals surface area (Å²) in [5.74, 6) is 0.966. The second kappa shape index (κ2) is 13.9. The van der Waals surface area contributed by atoms with Crippen LogP contribution in [0.2, 0.25) is 10.0 Å². The number of hydrogen-bond donors (Lipinski definition) is 2. The molecule has 5 heterocycles. The van der Waals surface area contributed by atoms with Crippen molar-refractivity contribution in [2.75, 3.05) is 47.1 Å². The van der Waals surface area contributed by atoms with Crippen molar-refractivity contribution in [1.82, 2.24) is 35.5 Å². The summed E-state index contributed by atoms with van der Waals surface area (Å²) in [4.78, 5) is 32.8. The third-order valence-electron chi connectivity index (χ3n) is 9.29. The van der Waals surface area contributed by atoms with E-state index in [2.05, 4.69) is 20.5 Å². The molecule has 1 atom stereocenters. The zero-order valence-electron chi connectivity index (χ0n) is 26.9. The largest absolute Gasteiger partial charge is 0.480 e. The number of nitrogens with zero attached hydrogens (tertiary/aromatic N) is 5. The molecule has 0 bridgehead atoms. The molecule has 4 aromatic rings. The van der Waals surface area contributed by atoms with Gasteiger partial charge in [0, 0.05) is 79.5 Å². The standard InChI is InChI=1S/C35H37Cl2N7O4/c1-46-33-28(14-38-13-21-9-10-30(45)41-21)39-15-26(42-33)24-7-3-5-22(31(24)36)23-6-4-8-25(32(23)37)27-16-40-29(34(43-27)47-2)17-44-18-35(19-44)11-12-48-20-35/h3-8,15-16,21,38H,9-14,17-20H2,1-2H3,(H,41,45)/t21-/m0/s1. The predicted octanol–water partition coefficient (Wildman–Crippen LogP) is 5.18. The number of benzene rings is 2. The maximum Gasteiger partial charge on any atom is 0.237 e. The lowest BCUT2D eigenvalue weighted by atomic mass is 9.79. The van der Waals surface area contributed by atoms with Crippen molar-refractivity contribution in [3.63, 3.8) is 0 Å². The molecular weight excluding hydrogens is 653 g/mol. The lowest BCUT2D eigenvalue weighted by Gasteiger charge is -2.47. The van der Waals surface area contributed by atoms with Gasteiger partial charge in [0.05, 0.1) is 54.7 Å². The number of carbonyl (C=O) groups is 1. The molecule has 2 aromatic heterocycles. The molecule has 2 aromatic carbocycles. The highest BCUT2D eigenvalue weighted by molar-refractivity contribution is 6.39. The van der Waals surface area contributed by atoms with Gasteiger partial charge in [-0.2, -0.15) is 0 Å². The molecule has 48 heavy (non-hydrogen) atoms. The number of ether oxygens (including phenoxy) is 3. The van der Waals surface area contributed by atoms with Crippen molar-refractivity contribution < 1.29 is 19.0 Å². The number of rotatable bonds is 11. The maximum atomic E-state index is 11.5. The van der Waals surface area contributed by atoms with Gasteiger partial charge in [0.2, 0.25) is 17.7 Å². The monoisotopic (exact) mass is 689 g/mol. The maximum absolute atomic E-state index is 11.5. The van der Waals surface area contributed by atoms with E-state index in [0.717, 1.165) is 61.5 Å². The summed E-state index contributed by atoms with van der Waals surface area (Å²) in [7, 11) is 3.18. The van der Waals surface area contributed by atoms with Crippen molar-refractivity contribution in [1.29, 1.82) is 0 Å². The topological polar surface area (TPSA) is 124 Å². The molecule has 11 nitrogen and oxygen atoms in total. The van der Waals surface area contributed by atoms with Gasteiger partial charge < -0.3 is 24.8 Å². The first-order chi connectivity index (χ1) is 23.4. The smallest absolute Gasteiger partial charge is 0.237 e. The quantitative estimate of drug-likeness (QED) is 0.218. The van der Waals surface area contributed by atoms with E-state index < -0.39 is 0 Å². The highest BCUT2D eigenvalue weighted by atomic mass is 35.5. The summed E-state index contributed by atoms with van der Waals surface area (Å²) in [5.41, 5.74) is 5.81. The van der Waals surface area contributed by atoms with Crippen LogP contribution in [0.5, 0.6) is 11.8 Å². The Morgan fingerprint density at radius 3 is 2.10 bits per heavy atom. The van der Waals surface area contributed by atoms with Crippen LogP contribution in [0.3, 0.4) is 0 Å². The molecule has 2 N–H and O–H groups in total. The van der Waals surface area contributed by atoms with Crippen molar-refractivity contribution in [3.8, 4) is 45.4 Å². The number of carbonyl (C=O) groups excluding carboxylic acids is 1. The van der Waals surface area contributed by atoms with Crippen LogP contribution >= 0.6 is 23.2 Å². The molecule has 7 rings (SSSR count). The summed E-state index contributed by atoms with van der Waals surface area (Å²) in [6, 6.07) is 11.6. The number of hydrogen-bond acceptors (Lipinski definition) is 10. The van der Waals surface area contributed by atoms with Crippen molar-refractivity contribution in [2.24, 2.45) is 5.41 Å². The molecule has 0 aliphatic carbocycles. The average molecular weight is 691 g/mol. The summed E-state index contributed by atoms with van der Waals surface area (Å²) in [6.07, 6.45) is 5.93. The minimum absolute atomic E-state index is 0.0876. The first-order valence-corrected chi connectivity index (χ1v) is 16.8. The predicted molar refractivity (Wildman–Crippen MR) is 183 cm³/mol. The van der Waals surface area contributed by atoms with Crippen LogP contribution in [-0.4, -0.2) is 83.9 Å². The molecule has 3 aliphatic rings. The number of likely N-dealkylation sites (tertiary alicyclic amines) is 1. The first-order valence-electron chi connectivity index (χ1n) is 16.0. The zero-order valence-corrected chi connectivity index (χ0v) is 28.4. The summed E-state index contributed by atoms with van der Waals surface area (Å²) in [6.45, 7) is 5.43. The second-order valence-electron chi connectivity index (χ2n) is 12.6. The molecule has 13 heteroatoms. The number of amides is 1. The van der Waals surface area contributed by atoms with E-state index in [1.807, 2.05) is 36.4 Å². The van der Waals surface area contributed by atoms with Gasteiger partial charge in [-0.1, -0.05) is 59.6 Å². The normalized spacial score (nSPS) is 18.6. The van der Waals surface area contributed by atoms with Gasteiger partial charge in [0.15, 0.2) is 0 Å². The summed E-state index contributed by atoms with van der Waals surface area (Å²) in [5, 5.41) is 7.27. The fraction of sp³-hybridized carbons (Fsp3) is 0.400. The number of methoxy groups -OCH3 is 2. The number of halogens is 2. The van der Waals surface area contributed by atoms with Crippen LogP contribution in [0.15, 0.2) is 48.8 Å². The Kier molecular flexibility index (Phi) is 9.48. The molecule has 0 radical (unpaired) electrons. The Balaban J connectivity index is 1.10. The molecule has 1 amide bonds. The molecule has 250 valence electrons. The SMILES string of the molecule is COc1nc(-c2cccc(-c3cccc(-c4cnc(CN5CC6(CCOC6)C5)c(OC)n4)c3Cl)c2Cl)cnc1CNC[C@@H]1CCC(=O)N1. The van der Waals surface area contributed by atoms with Crippen molar-refractivity contribution in [2.45, 2.75) is 38.4 Å². The van der Waals surface area contributed by atoms with Gasteiger partial charge in [0.1, 0.15) is 11.4 Å². The molecule has 3 aliphatic heterocycles. The lowest BCUT2D eigenvalue weighted by Crippen LogP contribution is -2.56. The van der Waals surface area contributed by atoms with Crippen LogP contribution in [0.1, 0.15) is 30.7 Å². The highest BCUT2D eigenvalue weighted by Gasteiger charge is 2.45. The number of nitrogens with one attached hydrogen (secondary N) is 2. The third kappa shape index (κ3) is 6.57. The summed E-state index contributed by atoms with van der Waals surface area (Å²) < 4.78 is 16.9. The third-order valence-corrected chi connectivity index (χ3v) is 10.1. The van der Waals surface area contributed by atoms with E-state index in [0.29, 0.717) is 75.9 Å². The van der Waals surface area contributed by atoms with E-state index in [1.165, 1.54) is 0 Å². The summed E-state index contributed by atoms with van der Waals surface area (Å²) >= 11 is 14.1. The molecular formula is C35H37Cl2N7O4. The van der Waals surface area contributed by atoms with E-state index >= 15 is 0 Å². The fourth-order valence-electron chi connectivity index (χ4n) is 6.81. The van der Waals surface area contributed by atoms with Gasteiger partial charge in [0.25, 0.3) is 0 Å².